The number of esters is 1. The monoisotopic (exact) mass is 310 g/mol. The van der Waals surface area contributed by atoms with E-state index in [9.17, 15) is 4.79 Å². The van der Waals surface area contributed by atoms with Gasteiger partial charge in [-0.1, -0.05) is 52.7 Å². The SMILES string of the molecule is C[C@H](Br)C(=O)O[C@@H]1CCCC[C@H]1c1ccccc1. The second-order valence-electron chi connectivity index (χ2n) is 4.89. The van der Waals surface area contributed by atoms with Gasteiger partial charge in [-0.3, -0.25) is 4.79 Å². The molecule has 1 aromatic rings. The van der Waals surface area contributed by atoms with Crippen LogP contribution in [-0.2, 0) is 9.53 Å². The second kappa shape index (κ2) is 6.37. The van der Waals surface area contributed by atoms with Crippen LogP contribution in [0.25, 0.3) is 0 Å². The molecule has 0 aliphatic heterocycles. The maximum Gasteiger partial charge on any atom is 0.319 e. The Morgan fingerprint density at radius 2 is 1.94 bits per heavy atom. The van der Waals surface area contributed by atoms with Gasteiger partial charge in [0.2, 0.25) is 0 Å². The van der Waals surface area contributed by atoms with E-state index >= 15 is 0 Å². The smallest absolute Gasteiger partial charge is 0.319 e. The minimum Gasteiger partial charge on any atom is -0.461 e. The highest BCUT2D eigenvalue weighted by Gasteiger charge is 2.30. The van der Waals surface area contributed by atoms with Crippen LogP contribution in [0.5, 0.6) is 0 Å². The van der Waals surface area contributed by atoms with Gasteiger partial charge in [0.05, 0.1) is 0 Å². The third-order valence-corrected chi connectivity index (χ3v) is 3.90. The summed E-state index contributed by atoms with van der Waals surface area (Å²) in [6.07, 6.45) is 4.49. The molecular weight excluding hydrogens is 292 g/mol. The zero-order chi connectivity index (χ0) is 13.0. The predicted octanol–water partition coefficient (Wildman–Crippen LogP) is 4.04. The van der Waals surface area contributed by atoms with Crippen LogP contribution in [0.15, 0.2) is 30.3 Å². The maximum absolute atomic E-state index is 11.7. The first-order valence-corrected chi connectivity index (χ1v) is 7.49. The summed E-state index contributed by atoms with van der Waals surface area (Å²) in [4.78, 5) is 11.5. The number of carbonyl (C=O) groups is 1. The molecule has 0 aromatic heterocycles. The average Bonchev–Trinajstić information content (AvgIpc) is 2.40. The Hall–Kier alpha value is -0.830. The third-order valence-electron chi connectivity index (χ3n) is 3.52. The lowest BCUT2D eigenvalue weighted by atomic mass is 9.81. The Bertz CT molecular complexity index is 389. The van der Waals surface area contributed by atoms with Gasteiger partial charge in [-0.25, -0.2) is 0 Å². The Balaban J connectivity index is 2.09. The third kappa shape index (κ3) is 3.35. The molecule has 0 N–H and O–H groups in total. The number of halogens is 1. The van der Waals surface area contributed by atoms with E-state index in [0.717, 1.165) is 19.3 Å². The molecule has 3 heteroatoms. The molecule has 0 saturated heterocycles. The molecule has 0 bridgehead atoms. The summed E-state index contributed by atoms with van der Waals surface area (Å²) in [5.74, 6) is 0.206. The number of carbonyl (C=O) groups excluding carboxylic acids is 1. The number of alkyl halides is 1. The van der Waals surface area contributed by atoms with Crippen molar-refractivity contribution in [2.45, 2.75) is 49.5 Å². The van der Waals surface area contributed by atoms with Crippen LogP contribution in [0.1, 0.15) is 44.1 Å². The number of hydrogen-bond acceptors (Lipinski definition) is 2. The van der Waals surface area contributed by atoms with E-state index in [1.54, 1.807) is 0 Å². The van der Waals surface area contributed by atoms with Crippen LogP contribution in [0.3, 0.4) is 0 Å². The van der Waals surface area contributed by atoms with Crippen molar-refractivity contribution in [3.05, 3.63) is 35.9 Å². The molecule has 1 aliphatic carbocycles. The molecule has 2 nitrogen and oxygen atoms in total. The molecule has 0 unspecified atom stereocenters. The molecule has 0 spiro atoms. The first kappa shape index (κ1) is 13.6. The molecule has 1 aliphatic rings. The summed E-state index contributed by atoms with van der Waals surface area (Å²) >= 11 is 3.27. The highest BCUT2D eigenvalue weighted by Crippen LogP contribution is 2.35. The van der Waals surface area contributed by atoms with E-state index in [1.807, 2.05) is 13.0 Å². The van der Waals surface area contributed by atoms with E-state index in [-0.39, 0.29) is 16.9 Å². The fraction of sp³-hybridized carbons (Fsp3) is 0.533. The largest absolute Gasteiger partial charge is 0.461 e. The minimum atomic E-state index is -0.226. The maximum atomic E-state index is 11.7. The molecule has 0 radical (unpaired) electrons. The van der Waals surface area contributed by atoms with Crippen LogP contribution in [-0.4, -0.2) is 16.9 Å². The molecule has 1 saturated carbocycles. The van der Waals surface area contributed by atoms with E-state index in [2.05, 4.69) is 40.2 Å². The van der Waals surface area contributed by atoms with Crippen LogP contribution < -0.4 is 0 Å². The van der Waals surface area contributed by atoms with Gasteiger partial charge >= 0.3 is 5.97 Å². The highest BCUT2D eigenvalue weighted by molar-refractivity contribution is 9.10. The van der Waals surface area contributed by atoms with Crippen molar-refractivity contribution < 1.29 is 9.53 Å². The van der Waals surface area contributed by atoms with Crippen LogP contribution in [0.2, 0.25) is 0 Å². The number of benzene rings is 1. The Morgan fingerprint density at radius 1 is 1.28 bits per heavy atom. The standard InChI is InChI=1S/C15H19BrO2/c1-11(16)15(17)18-14-10-6-5-9-13(14)12-7-3-2-4-8-12/h2-4,7-8,11,13-14H,5-6,9-10H2,1H3/t11-,13-,14+/m0/s1. The van der Waals surface area contributed by atoms with Crippen molar-refractivity contribution in [1.29, 1.82) is 0 Å². The fourth-order valence-corrected chi connectivity index (χ4v) is 2.67. The molecule has 18 heavy (non-hydrogen) atoms. The molecule has 1 aromatic carbocycles. The van der Waals surface area contributed by atoms with E-state index in [4.69, 9.17) is 4.74 Å². The topological polar surface area (TPSA) is 26.3 Å². The summed E-state index contributed by atoms with van der Waals surface area (Å²) in [5, 5.41) is 0. The fourth-order valence-electron chi connectivity index (χ4n) is 2.56. The zero-order valence-corrected chi connectivity index (χ0v) is 12.2. The quantitative estimate of drug-likeness (QED) is 0.622. The summed E-state index contributed by atoms with van der Waals surface area (Å²) in [5.41, 5.74) is 1.29. The molecule has 0 heterocycles. The first-order chi connectivity index (χ1) is 8.68. The van der Waals surface area contributed by atoms with Gasteiger partial charge in [0.1, 0.15) is 10.9 Å². The van der Waals surface area contributed by atoms with E-state index in [1.165, 1.54) is 12.0 Å². The number of rotatable bonds is 3. The number of ether oxygens (including phenoxy) is 1. The van der Waals surface area contributed by atoms with Crippen molar-refractivity contribution in [3.8, 4) is 0 Å². The van der Waals surface area contributed by atoms with Crippen molar-refractivity contribution >= 4 is 21.9 Å². The van der Waals surface area contributed by atoms with E-state index in [0.29, 0.717) is 5.92 Å². The van der Waals surface area contributed by atoms with Crippen molar-refractivity contribution in [1.82, 2.24) is 0 Å². The Morgan fingerprint density at radius 3 is 2.61 bits per heavy atom. The van der Waals surface area contributed by atoms with Gasteiger partial charge in [-0.05, 0) is 31.7 Å². The van der Waals surface area contributed by atoms with Gasteiger partial charge in [-0.15, -0.1) is 0 Å². The summed E-state index contributed by atoms with van der Waals surface area (Å²) in [7, 11) is 0. The Labute approximate surface area is 117 Å². The molecular formula is C15H19BrO2. The lowest BCUT2D eigenvalue weighted by Gasteiger charge is -2.31. The van der Waals surface area contributed by atoms with Crippen molar-refractivity contribution in [2.24, 2.45) is 0 Å². The van der Waals surface area contributed by atoms with Crippen molar-refractivity contribution in [2.75, 3.05) is 0 Å². The Kier molecular flexibility index (Phi) is 4.81. The molecule has 2 rings (SSSR count). The first-order valence-electron chi connectivity index (χ1n) is 6.58. The molecule has 0 amide bonds. The normalized spacial score (nSPS) is 25.4. The molecule has 1 fully saturated rings. The highest BCUT2D eigenvalue weighted by atomic mass is 79.9. The van der Waals surface area contributed by atoms with E-state index < -0.39 is 0 Å². The van der Waals surface area contributed by atoms with Crippen LogP contribution >= 0.6 is 15.9 Å². The summed E-state index contributed by atoms with van der Waals surface area (Å²) in [6, 6.07) is 10.4. The summed E-state index contributed by atoms with van der Waals surface area (Å²) in [6.45, 7) is 1.81. The van der Waals surface area contributed by atoms with Gasteiger partial charge in [0.25, 0.3) is 0 Å². The number of hydrogen-bond donors (Lipinski definition) is 0. The van der Waals surface area contributed by atoms with Gasteiger partial charge in [0, 0.05) is 5.92 Å². The van der Waals surface area contributed by atoms with Gasteiger partial charge < -0.3 is 4.74 Å². The lowest BCUT2D eigenvalue weighted by Crippen LogP contribution is -2.30. The predicted molar refractivity (Wildman–Crippen MR) is 75.9 cm³/mol. The van der Waals surface area contributed by atoms with Crippen molar-refractivity contribution in [3.63, 3.8) is 0 Å². The second-order valence-corrected chi connectivity index (χ2v) is 6.27. The summed E-state index contributed by atoms with van der Waals surface area (Å²) < 4.78 is 5.63. The molecule has 3 atom stereocenters. The van der Waals surface area contributed by atoms with Gasteiger partial charge in [0.15, 0.2) is 0 Å². The average molecular weight is 311 g/mol. The van der Waals surface area contributed by atoms with Crippen LogP contribution in [0.4, 0.5) is 0 Å². The molecule has 98 valence electrons. The van der Waals surface area contributed by atoms with Crippen LogP contribution in [0, 0.1) is 0 Å². The lowest BCUT2D eigenvalue weighted by molar-refractivity contribution is -0.150. The van der Waals surface area contributed by atoms with Gasteiger partial charge in [-0.2, -0.15) is 0 Å². The zero-order valence-electron chi connectivity index (χ0n) is 10.6. The minimum absolute atomic E-state index is 0.0358.